The van der Waals surface area contributed by atoms with Gasteiger partial charge in [0.05, 0.1) is 12.2 Å². The van der Waals surface area contributed by atoms with Crippen molar-refractivity contribution in [3.8, 4) is 17.2 Å². The summed E-state index contributed by atoms with van der Waals surface area (Å²) in [7, 11) is -3.25. The molecule has 0 saturated heterocycles. The van der Waals surface area contributed by atoms with E-state index in [-0.39, 0.29) is 18.5 Å². The molecule has 0 aliphatic rings. The first kappa shape index (κ1) is 23.8. The Morgan fingerprint density at radius 2 is 1.50 bits per heavy atom. The summed E-state index contributed by atoms with van der Waals surface area (Å²) in [6.07, 6.45) is -5.17. The molecule has 2 aromatic rings. The first-order valence-electron chi connectivity index (χ1n) is 9.24. The van der Waals surface area contributed by atoms with Crippen molar-refractivity contribution in [3.05, 3.63) is 54.1 Å². The number of carbonyl (C=O) groups excluding carboxylic acids is 1. The van der Waals surface area contributed by atoms with Crippen LogP contribution in [0.5, 0.6) is 17.2 Å². The van der Waals surface area contributed by atoms with Crippen molar-refractivity contribution in [1.82, 2.24) is 5.09 Å². The molecular formula is C20H23F3NO5P. The fourth-order valence-corrected chi connectivity index (χ4v) is 3.70. The lowest BCUT2D eigenvalue weighted by Gasteiger charge is -2.20. The van der Waals surface area contributed by atoms with Crippen LogP contribution < -0.4 is 14.6 Å². The van der Waals surface area contributed by atoms with Crippen molar-refractivity contribution in [1.29, 1.82) is 0 Å². The van der Waals surface area contributed by atoms with Crippen molar-refractivity contribution in [3.63, 3.8) is 0 Å². The molecule has 0 aliphatic carbocycles. The number of alkyl halides is 3. The van der Waals surface area contributed by atoms with E-state index >= 15 is 0 Å². The van der Waals surface area contributed by atoms with E-state index in [0.717, 1.165) is 12.1 Å². The van der Waals surface area contributed by atoms with Gasteiger partial charge in [0, 0.05) is 6.16 Å². The highest BCUT2D eigenvalue weighted by Gasteiger charge is 2.30. The second-order valence-electron chi connectivity index (χ2n) is 6.24. The van der Waals surface area contributed by atoms with Gasteiger partial charge >= 0.3 is 6.18 Å². The lowest BCUT2D eigenvalue weighted by atomic mass is 10.2. The van der Waals surface area contributed by atoms with Crippen molar-refractivity contribution in [2.75, 3.05) is 12.8 Å². The highest BCUT2D eigenvalue weighted by Crippen LogP contribution is 2.41. The monoisotopic (exact) mass is 445 g/mol. The predicted octanol–water partition coefficient (Wildman–Crippen LogP) is 5.63. The van der Waals surface area contributed by atoms with Crippen LogP contribution in [0.15, 0.2) is 48.5 Å². The van der Waals surface area contributed by atoms with Gasteiger partial charge in [0.1, 0.15) is 17.2 Å². The molecular weight excluding hydrogens is 422 g/mol. The van der Waals surface area contributed by atoms with Gasteiger partial charge in [-0.15, -0.1) is 0 Å². The number of hydrogen-bond acceptors (Lipinski definition) is 5. The highest BCUT2D eigenvalue weighted by atomic mass is 31.2. The average molecular weight is 445 g/mol. The molecule has 0 spiro atoms. The molecule has 30 heavy (non-hydrogen) atoms. The average Bonchev–Trinajstić information content (AvgIpc) is 2.69. The maximum Gasteiger partial charge on any atom is 0.416 e. The molecule has 1 N–H and O–H groups in total. The van der Waals surface area contributed by atoms with Crippen molar-refractivity contribution >= 4 is 13.4 Å². The third kappa shape index (κ3) is 6.78. The summed E-state index contributed by atoms with van der Waals surface area (Å²) in [4.78, 5) is 12.2. The number of carbonyl (C=O) groups is 1. The Bertz CT molecular complexity index is 885. The summed E-state index contributed by atoms with van der Waals surface area (Å²) in [5.41, 5.74) is -0.761. The second-order valence-corrected chi connectivity index (χ2v) is 8.70. The molecule has 10 heteroatoms. The summed E-state index contributed by atoms with van der Waals surface area (Å²) in [6.45, 7) is 5.05. The summed E-state index contributed by atoms with van der Waals surface area (Å²) in [5.74, 6) is 0.417. The van der Waals surface area contributed by atoms with Crippen LogP contribution in [0.1, 0.15) is 26.3 Å². The molecule has 0 aromatic heterocycles. The van der Waals surface area contributed by atoms with Crippen LogP contribution in [0, 0.1) is 0 Å². The number of rotatable bonds is 9. The minimum Gasteiger partial charge on any atom is -0.481 e. The Morgan fingerprint density at radius 1 is 1.00 bits per heavy atom. The van der Waals surface area contributed by atoms with Crippen LogP contribution in [0.25, 0.3) is 0 Å². The molecule has 2 aromatic carbocycles. The van der Waals surface area contributed by atoms with Crippen LogP contribution in [-0.4, -0.2) is 24.8 Å². The maximum absolute atomic E-state index is 12.6. The van der Waals surface area contributed by atoms with E-state index in [0.29, 0.717) is 11.5 Å². The predicted molar refractivity (Wildman–Crippen MR) is 106 cm³/mol. The molecule has 0 fully saturated rings. The number of amides is 1. The van der Waals surface area contributed by atoms with Crippen LogP contribution in [0.2, 0.25) is 0 Å². The van der Waals surface area contributed by atoms with Gasteiger partial charge < -0.3 is 14.0 Å². The molecule has 2 rings (SSSR count). The Balaban J connectivity index is 1.95. The van der Waals surface area contributed by atoms with E-state index in [1.807, 2.05) is 0 Å². The number of ether oxygens (including phenoxy) is 2. The molecule has 2 atom stereocenters. The fraction of sp³-hybridized carbons (Fsp3) is 0.350. The number of benzene rings is 2. The van der Waals surface area contributed by atoms with Crippen LogP contribution in [0.3, 0.4) is 0 Å². The SMILES string of the molecule is CCOP(=O)(CC)NC(=O)C(C)Oc1ccc(Oc2ccc(C(F)(F)F)cc2)cc1. The zero-order valence-corrected chi connectivity index (χ0v) is 17.6. The summed E-state index contributed by atoms with van der Waals surface area (Å²) in [5, 5.41) is 2.39. The lowest BCUT2D eigenvalue weighted by molar-refractivity contribution is -0.137. The normalized spacial score (nSPS) is 14.5. The largest absolute Gasteiger partial charge is 0.481 e. The van der Waals surface area contributed by atoms with Gasteiger partial charge in [-0.2, -0.15) is 13.2 Å². The quantitative estimate of drug-likeness (QED) is 0.507. The molecule has 0 radical (unpaired) electrons. The Hall–Kier alpha value is -2.51. The van der Waals surface area contributed by atoms with Crippen LogP contribution in [-0.2, 0) is 20.1 Å². The molecule has 0 saturated carbocycles. The van der Waals surface area contributed by atoms with E-state index in [9.17, 15) is 22.5 Å². The molecule has 0 heterocycles. The first-order valence-corrected chi connectivity index (χ1v) is 11.0. The Morgan fingerprint density at radius 3 is 1.97 bits per heavy atom. The molecule has 0 bridgehead atoms. The minimum absolute atomic E-state index is 0.162. The number of nitrogens with one attached hydrogen (secondary N) is 1. The van der Waals surface area contributed by atoms with Gasteiger partial charge in [-0.05, 0) is 62.4 Å². The van der Waals surface area contributed by atoms with E-state index in [2.05, 4.69) is 5.09 Å². The lowest BCUT2D eigenvalue weighted by Crippen LogP contribution is -2.35. The standard InChI is InChI=1S/C20H23F3NO5P/c1-4-27-30(26,5-2)24-19(25)14(3)28-16-10-12-18(13-11-16)29-17-8-6-15(7-9-17)20(21,22)23/h6-14H,4-5H2,1-3H3,(H,24,25,26). The summed E-state index contributed by atoms with van der Waals surface area (Å²) >= 11 is 0. The van der Waals surface area contributed by atoms with E-state index in [1.165, 1.54) is 19.1 Å². The maximum atomic E-state index is 12.6. The van der Waals surface area contributed by atoms with Gasteiger partial charge in [0.15, 0.2) is 6.10 Å². The third-order valence-electron chi connectivity index (χ3n) is 3.96. The van der Waals surface area contributed by atoms with E-state index in [4.69, 9.17) is 14.0 Å². The van der Waals surface area contributed by atoms with Crippen molar-refractivity contribution < 1.29 is 36.5 Å². The van der Waals surface area contributed by atoms with Gasteiger partial charge in [-0.1, -0.05) is 6.92 Å². The van der Waals surface area contributed by atoms with Gasteiger partial charge in [0.25, 0.3) is 13.4 Å². The van der Waals surface area contributed by atoms with E-state index < -0.39 is 31.3 Å². The highest BCUT2D eigenvalue weighted by molar-refractivity contribution is 7.57. The van der Waals surface area contributed by atoms with Gasteiger partial charge in [0.2, 0.25) is 0 Å². The van der Waals surface area contributed by atoms with Crippen LogP contribution in [0.4, 0.5) is 13.2 Å². The summed E-state index contributed by atoms with van der Waals surface area (Å²) in [6, 6.07) is 10.5. The smallest absolute Gasteiger partial charge is 0.416 e. The van der Waals surface area contributed by atoms with Gasteiger partial charge in [-0.3, -0.25) is 14.4 Å². The van der Waals surface area contributed by atoms with Crippen molar-refractivity contribution in [2.24, 2.45) is 0 Å². The third-order valence-corrected chi connectivity index (χ3v) is 6.03. The molecule has 0 aliphatic heterocycles. The number of hydrogen-bond donors (Lipinski definition) is 1. The first-order chi connectivity index (χ1) is 14.1. The van der Waals surface area contributed by atoms with Crippen LogP contribution >= 0.6 is 7.52 Å². The fourth-order valence-electron chi connectivity index (χ4n) is 2.36. The minimum atomic E-state index is -4.41. The Kier molecular flexibility index (Phi) is 7.92. The molecule has 6 nitrogen and oxygen atoms in total. The zero-order valence-electron chi connectivity index (χ0n) is 16.7. The zero-order chi connectivity index (χ0) is 22.4. The van der Waals surface area contributed by atoms with E-state index in [1.54, 1.807) is 38.1 Å². The second kappa shape index (κ2) is 10.00. The number of halogens is 3. The van der Waals surface area contributed by atoms with Gasteiger partial charge in [-0.25, -0.2) is 0 Å². The van der Waals surface area contributed by atoms with Crippen molar-refractivity contribution in [2.45, 2.75) is 33.1 Å². The topological polar surface area (TPSA) is 73.9 Å². The Labute approximate surface area is 172 Å². The molecule has 1 amide bonds. The molecule has 2 unspecified atom stereocenters. The molecule has 164 valence electrons. The summed E-state index contributed by atoms with van der Waals surface area (Å²) < 4.78 is 66.3.